The number of alkyl halides is 2. The molecule has 3 rings (SSSR count). The fourth-order valence-electron chi connectivity index (χ4n) is 3.43. The minimum atomic E-state index is -3.99. The second-order valence-corrected chi connectivity index (χ2v) is 8.75. The first-order valence-corrected chi connectivity index (χ1v) is 11.6. The predicted octanol–water partition coefficient (Wildman–Crippen LogP) is 1.75. The van der Waals surface area contributed by atoms with Crippen LogP contribution in [0.5, 0.6) is 11.5 Å². The number of carbonyl (C=O) groups excluding carboxylic acids is 1. The van der Waals surface area contributed by atoms with Crippen molar-refractivity contribution < 1.29 is 36.2 Å². The van der Waals surface area contributed by atoms with Crippen molar-refractivity contribution in [3.8, 4) is 11.5 Å². The molecule has 180 valence electrons. The third-order valence-electron chi connectivity index (χ3n) is 5.04. The topological polar surface area (TPSA) is 120 Å². The summed E-state index contributed by atoms with van der Waals surface area (Å²) in [5.41, 5.74) is 1.49. The molecule has 0 saturated carbocycles. The van der Waals surface area contributed by atoms with Gasteiger partial charge in [0.05, 0.1) is 30.8 Å². The number of carbonyl (C=O) groups is 1. The summed E-state index contributed by atoms with van der Waals surface area (Å²) >= 11 is 0. The Labute approximate surface area is 190 Å². The lowest BCUT2D eigenvalue weighted by Gasteiger charge is -2.30. The maximum Gasteiger partial charge on any atom is 0.387 e. The van der Waals surface area contributed by atoms with E-state index in [0.29, 0.717) is 38.4 Å². The zero-order valence-corrected chi connectivity index (χ0v) is 18.7. The highest BCUT2D eigenvalue weighted by atomic mass is 32.2. The molecule has 0 radical (unpaired) electrons. The van der Waals surface area contributed by atoms with Crippen LogP contribution in [0.25, 0.3) is 0 Å². The maximum atomic E-state index is 12.9. The molecule has 2 aromatic carbocycles. The number of amides is 1. The monoisotopic (exact) mass is 485 g/mol. The fourth-order valence-corrected chi connectivity index (χ4v) is 3.97. The van der Waals surface area contributed by atoms with Crippen LogP contribution in [-0.2, 0) is 21.2 Å². The Balaban J connectivity index is 1.74. The molecule has 0 atom stereocenters. The number of hydrogen-bond acceptors (Lipinski definition) is 7. The van der Waals surface area contributed by atoms with Crippen LogP contribution in [0.1, 0.15) is 15.9 Å². The number of nitrogens with two attached hydrogens (primary N) is 1. The van der Waals surface area contributed by atoms with Gasteiger partial charge in [-0.05, 0) is 42.3 Å². The molecule has 0 spiro atoms. The van der Waals surface area contributed by atoms with E-state index in [1.54, 1.807) is 18.2 Å². The molecule has 1 saturated heterocycles. The van der Waals surface area contributed by atoms with Crippen molar-refractivity contribution in [1.82, 2.24) is 5.32 Å². The highest BCUT2D eigenvalue weighted by Crippen LogP contribution is 2.29. The Bertz CT molecular complexity index is 1090. The number of nitrogens with zero attached hydrogens (tertiary/aromatic N) is 1. The summed E-state index contributed by atoms with van der Waals surface area (Å²) in [6, 6.07) is 8.69. The molecule has 1 aliphatic heterocycles. The summed E-state index contributed by atoms with van der Waals surface area (Å²) in [6.45, 7) is -0.670. The number of nitrogens with one attached hydrogen (secondary N) is 1. The van der Waals surface area contributed by atoms with E-state index in [4.69, 9.17) is 14.6 Å². The number of primary sulfonamides is 1. The number of anilines is 1. The molecule has 0 aromatic heterocycles. The second kappa shape index (κ2) is 10.8. The number of methoxy groups -OCH3 is 1. The third kappa shape index (κ3) is 6.53. The van der Waals surface area contributed by atoms with E-state index in [1.807, 2.05) is 4.90 Å². The van der Waals surface area contributed by atoms with Gasteiger partial charge in [-0.3, -0.25) is 4.79 Å². The highest BCUT2D eigenvalue weighted by Gasteiger charge is 2.21. The van der Waals surface area contributed by atoms with Gasteiger partial charge in [0, 0.05) is 25.3 Å². The minimum absolute atomic E-state index is 0.0877. The van der Waals surface area contributed by atoms with Crippen LogP contribution in [-0.4, -0.2) is 60.9 Å². The molecule has 3 N–H and O–H groups in total. The summed E-state index contributed by atoms with van der Waals surface area (Å²) in [5, 5.41) is 8.00. The van der Waals surface area contributed by atoms with E-state index in [1.165, 1.54) is 25.3 Å². The zero-order valence-electron chi connectivity index (χ0n) is 17.9. The van der Waals surface area contributed by atoms with Gasteiger partial charge in [0.25, 0.3) is 5.91 Å². The molecule has 2 aromatic rings. The van der Waals surface area contributed by atoms with Gasteiger partial charge in [-0.2, -0.15) is 8.78 Å². The molecular formula is C21H25F2N3O6S. The largest absolute Gasteiger partial charge is 0.493 e. The molecule has 0 bridgehead atoms. The van der Waals surface area contributed by atoms with E-state index < -0.39 is 22.5 Å². The molecule has 0 unspecified atom stereocenters. The number of sulfonamides is 1. The van der Waals surface area contributed by atoms with E-state index in [9.17, 15) is 22.0 Å². The molecule has 1 heterocycles. The lowest BCUT2D eigenvalue weighted by atomic mass is 10.1. The number of hydrogen-bond donors (Lipinski definition) is 2. The number of benzene rings is 2. The Hall–Kier alpha value is -2.96. The SMILES string of the molecule is COc1cc(CCNC(=O)c2cc(S(N)(=O)=O)ccc2N2CCOCC2)ccc1OC(F)F. The van der Waals surface area contributed by atoms with Crippen LogP contribution < -0.4 is 24.8 Å². The Morgan fingerprint density at radius 3 is 2.55 bits per heavy atom. The van der Waals surface area contributed by atoms with E-state index in [2.05, 4.69) is 10.1 Å². The van der Waals surface area contributed by atoms with Crippen LogP contribution in [0.4, 0.5) is 14.5 Å². The van der Waals surface area contributed by atoms with Crippen LogP contribution >= 0.6 is 0 Å². The third-order valence-corrected chi connectivity index (χ3v) is 5.95. The van der Waals surface area contributed by atoms with Gasteiger partial charge in [0.2, 0.25) is 10.0 Å². The number of ether oxygens (including phenoxy) is 3. The van der Waals surface area contributed by atoms with Gasteiger partial charge < -0.3 is 24.4 Å². The van der Waals surface area contributed by atoms with Crippen molar-refractivity contribution in [1.29, 1.82) is 0 Å². The molecule has 1 amide bonds. The fraction of sp³-hybridized carbons (Fsp3) is 0.381. The summed E-state index contributed by atoms with van der Waals surface area (Å²) in [5.74, 6) is -0.406. The van der Waals surface area contributed by atoms with Crippen molar-refractivity contribution in [3.63, 3.8) is 0 Å². The van der Waals surface area contributed by atoms with Crippen molar-refractivity contribution in [2.45, 2.75) is 17.9 Å². The molecule has 9 nitrogen and oxygen atoms in total. The number of morpholine rings is 1. The summed E-state index contributed by atoms with van der Waals surface area (Å²) < 4.78 is 63.4. The highest BCUT2D eigenvalue weighted by molar-refractivity contribution is 7.89. The molecule has 33 heavy (non-hydrogen) atoms. The van der Waals surface area contributed by atoms with Gasteiger partial charge >= 0.3 is 6.61 Å². The summed E-state index contributed by atoms with van der Waals surface area (Å²) in [6.07, 6.45) is 0.374. The first kappa shape index (κ1) is 24.7. The van der Waals surface area contributed by atoms with E-state index in [-0.39, 0.29) is 28.5 Å². The lowest BCUT2D eigenvalue weighted by molar-refractivity contribution is -0.0512. The summed E-state index contributed by atoms with van der Waals surface area (Å²) in [4.78, 5) is 14.7. The predicted molar refractivity (Wildman–Crippen MR) is 117 cm³/mol. The summed E-state index contributed by atoms with van der Waals surface area (Å²) in [7, 11) is -2.65. The first-order chi connectivity index (χ1) is 15.7. The van der Waals surface area contributed by atoms with Gasteiger partial charge in [-0.15, -0.1) is 0 Å². The molecule has 1 aliphatic rings. The maximum absolute atomic E-state index is 12.9. The Morgan fingerprint density at radius 1 is 1.18 bits per heavy atom. The van der Waals surface area contributed by atoms with Crippen molar-refractivity contribution in [2.24, 2.45) is 5.14 Å². The van der Waals surface area contributed by atoms with E-state index >= 15 is 0 Å². The van der Waals surface area contributed by atoms with Crippen LogP contribution in [0, 0.1) is 0 Å². The van der Waals surface area contributed by atoms with Crippen LogP contribution in [0.15, 0.2) is 41.3 Å². The normalized spacial score (nSPS) is 14.3. The standard InChI is InChI=1S/C21H25F2N3O6S/c1-30-19-12-14(2-5-18(19)32-21(22)23)6-7-25-20(27)16-13-15(33(24,28)29)3-4-17(16)26-8-10-31-11-9-26/h2-5,12-13,21H,6-11H2,1H3,(H,25,27)(H2,24,28,29). The molecular weight excluding hydrogens is 460 g/mol. The average molecular weight is 486 g/mol. The molecule has 1 fully saturated rings. The van der Waals surface area contributed by atoms with E-state index in [0.717, 1.165) is 5.56 Å². The Morgan fingerprint density at radius 2 is 1.91 bits per heavy atom. The van der Waals surface area contributed by atoms with Gasteiger partial charge in [-0.1, -0.05) is 6.07 Å². The first-order valence-electron chi connectivity index (χ1n) is 10.1. The average Bonchev–Trinajstić information content (AvgIpc) is 2.79. The lowest BCUT2D eigenvalue weighted by Crippen LogP contribution is -2.38. The van der Waals surface area contributed by atoms with Gasteiger partial charge in [-0.25, -0.2) is 13.6 Å². The second-order valence-electron chi connectivity index (χ2n) is 7.19. The van der Waals surface area contributed by atoms with Gasteiger partial charge in [0.15, 0.2) is 11.5 Å². The molecule has 12 heteroatoms. The number of rotatable bonds is 9. The van der Waals surface area contributed by atoms with Crippen molar-refractivity contribution >= 4 is 21.6 Å². The van der Waals surface area contributed by atoms with Crippen LogP contribution in [0.3, 0.4) is 0 Å². The zero-order chi connectivity index (χ0) is 24.0. The quantitative estimate of drug-likeness (QED) is 0.555. The van der Waals surface area contributed by atoms with Gasteiger partial charge in [0.1, 0.15) is 0 Å². The number of halogens is 2. The smallest absolute Gasteiger partial charge is 0.387 e. The Kier molecular flexibility index (Phi) is 8.06. The van der Waals surface area contributed by atoms with Crippen molar-refractivity contribution in [2.75, 3.05) is 44.9 Å². The molecule has 0 aliphatic carbocycles. The minimum Gasteiger partial charge on any atom is -0.493 e. The van der Waals surface area contributed by atoms with Crippen LogP contribution in [0.2, 0.25) is 0 Å². The van der Waals surface area contributed by atoms with Crippen molar-refractivity contribution in [3.05, 3.63) is 47.5 Å².